The Balaban J connectivity index is 1.38. The van der Waals surface area contributed by atoms with Crippen LogP contribution in [0.3, 0.4) is 0 Å². The second kappa shape index (κ2) is 8.44. The quantitative estimate of drug-likeness (QED) is 0.395. The summed E-state index contributed by atoms with van der Waals surface area (Å²) in [5, 5.41) is 5.96. The van der Waals surface area contributed by atoms with Gasteiger partial charge in [0.1, 0.15) is 11.9 Å². The first-order valence-electron chi connectivity index (χ1n) is 11.5. The average Bonchev–Trinajstić information content (AvgIpc) is 3.57. The van der Waals surface area contributed by atoms with E-state index in [1.165, 1.54) is 34.0 Å². The minimum Gasteiger partial charge on any atom is -0.322 e. The van der Waals surface area contributed by atoms with Gasteiger partial charge in [-0.15, -0.1) is 11.8 Å². The first kappa shape index (κ1) is 21.2. The van der Waals surface area contributed by atoms with Gasteiger partial charge in [0, 0.05) is 11.8 Å². The van der Waals surface area contributed by atoms with E-state index in [1.54, 1.807) is 34.5 Å². The van der Waals surface area contributed by atoms with Crippen molar-refractivity contribution in [3.63, 3.8) is 0 Å². The summed E-state index contributed by atoms with van der Waals surface area (Å²) in [4.78, 5) is 26.4. The fourth-order valence-corrected chi connectivity index (χ4v) is 6.34. The smallest absolute Gasteiger partial charge is 0.252 e. The normalized spacial score (nSPS) is 17.0. The number of aromatic nitrogens is 1. The molecular formula is C28H23FN2O2S. The third-order valence-corrected chi connectivity index (χ3v) is 7.87. The van der Waals surface area contributed by atoms with Gasteiger partial charge < -0.3 is 5.32 Å². The third kappa shape index (κ3) is 3.72. The molecule has 0 bridgehead atoms. The molecule has 4 aromatic rings. The number of pyridine rings is 1. The Morgan fingerprint density at radius 1 is 1.00 bits per heavy atom. The lowest BCUT2D eigenvalue weighted by atomic mass is 9.95. The maximum Gasteiger partial charge on any atom is 0.252 e. The number of para-hydroxylation sites is 1. The van der Waals surface area contributed by atoms with E-state index in [0.717, 1.165) is 23.4 Å². The zero-order valence-electron chi connectivity index (χ0n) is 18.5. The molecule has 1 saturated carbocycles. The summed E-state index contributed by atoms with van der Waals surface area (Å²) in [6.45, 7) is 0. The molecule has 2 aliphatic rings. The average molecular weight is 471 g/mol. The molecule has 1 aromatic heterocycles. The molecule has 0 spiro atoms. The van der Waals surface area contributed by atoms with Gasteiger partial charge in [0.25, 0.3) is 5.56 Å². The highest BCUT2D eigenvalue weighted by atomic mass is 32.2. The zero-order chi connectivity index (χ0) is 23.2. The number of carbonyl (C=O) groups is 1. The fraction of sp³-hybridized carbons (Fsp3) is 0.214. The van der Waals surface area contributed by atoms with E-state index in [0.29, 0.717) is 18.1 Å². The van der Waals surface area contributed by atoms with Gasteiger partial charge in [0.15, 0.2) is 0 Å². The standard InChI is InChI=1S/C28H23FN2O2S/c29-22-10-3-4-11-23(22)30-27(33)24-16-34-28-26(18-12-13-18)20(15-25(32)31(24)28)14-19-8-5-7-17-6-1-2-9-21(17)19/h1-11,15,18,24H,12-14,16H2,(H,30,33)/t24-/m0/s1. The highest BCUT2D eigenvalue weighted by molar-refractivity contribution is 7.99. The lowest BCUT2D eigenvalue weighted by Gasteiger charge is -2.18. The fourth-order valence-electron chi connectivity index (χ4n) is 4.92. The summed E-state index contributed by atoms with van der Waals surface area (Å²) in [6, 6.07) is 21.7. The Hall–Kier alpha value is -3.38. The van der Waals surface area contributed by atoms with E-state index in [2.05, 4.69) is 35.6 Å². The summed E-state index contributed by atoms with van der Waals surface area (Å²) in [6.07, 6.45) is 2.88. The summed E-state index contributed by atoms with van der Waals surface area (Å²) < 4.78 is 15.7. The van der Waals surface area contributed by atoms with Gasteiger partial charge in [-0.3, -0.25) is 14.2 Å². The van der Waals surface area contributed by atoms with Crippen molar-refractivity contribution in [3.8, 4) is 0 Å². The Kier molecular flexibility index (Phi) is 5.26. The van der Waals surface area contributed by atoms with Crippen LogP contribution in [-0.4, -0.2) is 16.2 Å². The van der Waals surface area contributed by atoms with Crippen molar-refractivity contribution in [3.05, 3.63) is 106 Å². The Morgan fingerprint density at radius 3 is 2.59 bits per heavy atom. The molecule has 0 unspecified atom stereocenters. The van der Waals surface area contributed by atoms with Crippen molar-refractivity contribution in [2.45, 2.75) is 36.2 Å². The Bertz CT molecular complexity index is 1490. The van der Waals surface area contributed by atoms with E-state index in [-0.39, 0.29) is 17.2 Å². The molecule has 170 valence electrons. The van der Waals surface area contributed by atoms with Crippen LogP contribution in [0.25, 0.3) is 10.8 Å². The first-order valence-corrected chi connectivity index (χ1v) is 12.5. The molecule has 4 nitrogen and oxygen atoms in total. The van der Waals surface area contributed by atoms with Crippen molar-refractivity contribution in [2.75, 3.05) is 11.1 Å². The van der Waals surface area contributed by atoms with Crippen molar-refractivity contribution in [1.29, 1.82) is 0 Å². The largest absolute Gasteiger partial charge is 0.322 e. The molecule has 0 radical (unpaired) electrons. The van der Waals surface area contributed by atoms with Gasteiger partial charge in [-0.1, -0.05) is 54.6 Å². The van der Waals surface area contributed by atoms with Crippen LogP contribution in [0.1, 0.15) is 41.5 Å². The minimum absolute atomic E-state index is 0.133. The maximum atomic E-state index is 14.1. The third-order valence-electron chi connectivity index (χ3n) is 6.70. The minimum atomic E-state index is -0.656. The van der Waals surface area contributed by atoms with Gasteiger partial charge in [-0.2, -0.15) is 0 Å². The second-order valence-electron chi connectivity index (χ2n) is 8.98. The highest BCUT2D eigenvalue weighted by Gasteiger charge is 2.37. The molecule has 1 atom stereocenters. The van der Waals surface area contributed by atoms with Gasteiger partial charge in [0.2, 0.25) is 5.91 Å². The lowest BCUT2D eigenvalue weighted by Crippen LogP contribution is -2.33. The summed E-state index contributed by atoms with van der Waals surface area (Å²) in [5.41, 5.74) is 3.42. The predicted molar refractivity (Wildman–Crippen MR) is 134 cm³/mol. The molecule has 1 aliphatic heterocycles. The van der Waals surface area contributed by atoms with Crippen LogP contribution in [0.4, 0.5) is 10.1 Å². The topological polar surface area (TPSA) is 51.1 Å². The van der Waals surface area contributed by atoms with E-state index in [9.17, 15) is 14.0 Å². The van der Waals surface area contributed by atoms with Gasteiger partial charge in [-0.05, 0) is 64.8 Å². The number of amides is 1. The maximum absolute atomic E-state index is 14.1. The number of rotatable bonds is 5. The Labute approximate surface area is 200 Å². The summed E-state index contributed by atoms with van der Waals surface area (Å²) in [5.74, 6) is 0.0420. The molecule has 6 heteroatoms. The molecule has 3 aromatic carbocycles. The molecule has 34 heavy (non-hydrogen) atoms. The molecule has 1 fully saturated rings. The first-order chi connectivity index (χ1) is 16.6. The van der Waals surface area contributed by atoms with Crippen LogP contribution in [0.5, 0.6) is 0 Å². The van der Waals surface area contributed by atoms with Crippen molar-refractivity contribution >= 4 is 34.1 Å². The molecule has 0 saturated heterocycles. The second-order valence-corrected chi connectivity index (χ2v) is 9.99. The van der Waals surface area contributed by atoms with Crippen molar-refractivity contribution < 1.29 is 9.18 Å². The predicted octanol–water partition coefficient (Wildman–Crippen LogP) is 5.89. The number of fused-ring (bicyclic) bond motifs is 2. The van der Waals surface area contributed by atoms with Gasteiger partial charge in [-0.25, -0.2) is 4.39 Å². The zero-order valence-corrected chi connectivity index (χ0v) is 19.3. The van der Waals surface area contributed by atoms with E-state index in [4.69, 9.17) is 0 Å². The van der Waals surface area contributed by atoms with Crippen LogP contribution < -0.4 is 10.9 Å². The van der Waals surface area contributed by atoms with Crippen LogP contribution in [0.15, 0.2) is 82.6 Å². The number of hydrogen-bond acceptors (Lipinski definition) is 3. The molecule has 6 rings (SSSR count). The van der Waals surface area contributed by atoms with Crippen LogP contribution in [0, 0.1) is 5.82 Å². The monoisotopic (exact) mass is 470 g/mol. The number of hydrogen-bond donors (Lipinski definition) is 1. The lowest BCUT2D eigenvalue weighted by molar-refractivity contribution is -0.118. The Morgan fingerprint density at radius 2 is 1.76 bits per heavy atom. The molecular weight excluding hydrogens is 447 g/mol. The SMILES string of the molecule is O=C(Nc1ccccc1F)[C@@H]1CSc2c(C3CC3)c(Cc3cccc4ccccc34)cc(=O)n21. The van der Waals surface area contributed by atoms with E-state index in [1.807, 2.05) is 12.1 Å². The van der Waals surface area contributed by atoms with Crippen molar-refractivity contribution in [1.82, 2.24) is 4.57 Å². The highest BCUT2D eigenvalue weighted by Crippen LogP contribution is 2.48. The molecule has 2 heterocycles. The summed E-state index contributed by atoms with van der Waals surface area (Å²) >= 11 is 1.56. The van der Waals surface area contributed by atoms with Crippen molar-refractivity contribution in [2.24, 2.45) is 0 Å². The number of thioether (sulfide) groups is 1. The van der Waals surface area contributed by atoms with Gasteiger partial charge in [0.05, 0.1) is 10.7 Å². The number of benzene rings is 3. The number of nitrogens with one attached hydrogen (secondary N) is 1. The van der Waals surface area contributed by atoms with E-state index >= 15 is 0 Å². The van der Waals surface area contributed by atoms with E-state index < -0.39 is 11.9 Å². The van der Waals surface area contributed by atoms with Crippen LogP contribution in [-0.2, 0) is 11.2 Å². The molecule has 1 amide bonds. The molecule has 1 aliphatic carbocycles. The molecule has 1 N–H and O–H groups in total. The summed E-state index contributed by atoms with van der Waals surface area (Å²) in [7, 11) is 0. The number of nitrogens with zero attached hydrogens (tertiary/aromatic N) is 1. The van der Waals surface area contributed by atoms with Gasteiger partial charge >= 0.3 is 0 Å². The number of halogens is 1. The number of carbonyl (C=O) groups excluding carboxylic acids is 1. The van der Waals surface area contributed by atoms with Crippen LogP contribution in [0.2, 0.25) is 0 Å². The number of anilines is 1. The van der Waals surface area contributed by atoms with Crippen LogP contribution >= 0.6 is 11.8 Å².